The maximum atomic E-state index is 13.8. The van der Waals surface area contributed by atoms with Crippen LogP contribution in [0.25, 0.3) is 6.08 Å². The Hall–Kier alpha value is -3.30. The van der Waals surface area contributed by atoms with Crippen LogP contribution in [-0.4, -0.2) is 41.1 Å². The van der Waals surface area contributed by atoms with Crippen molar-refractivity contribution in [2.24, 2.45) is 4.99 Å². The van der Waals surface area contributed by atoms with Crippen molar-refractivity contribution in [1.82, 2.24) is 4.57 Å². The third-order valence-corrected chi connectivity index (χ3v) is 8.17. The van der Waals surface area contributed by atoms with E-state index in [1.54, 1.807) is 49.2 Å². The number of carbonyl (C=O) groups is 1. The van der Waals surface area contributed by atoms with E-state index >= 15 is 0 Å². The molecule has 0 spiro atoms. The Morgan fingerprint density at radius 3 is 2.47 bits per heavy atom. The van der Waals surface area contributed by atoms with E-state index in [-0.39, 0.29) is 17.4 Å². The van der Waals surface area contributed by atoms with Gasteiger partial charge in [0.05, 0.1) is 27.9 Å². The van der Waals surface area contributed by atoms with Gasteiger partial charge in [0.15, 0.2) is 4.80 Å². The molecule has 0 fully saturated rings. The van der Waals surface area contributed by atoms with Crippen LogP contribution < -0.4 is 19.8 Å². The Balaban J connectivity index is 1.88. The van der Waals surface area contributed by atoms with E-state index in [0.29, 0.717) is 26.2 Å². The predicted molar refractivity (Wildman–Crippen MR) is 155 cm³/mol. The van der Waals surface area contributed by atoms with Gasteiger partial charge in [0, 0.05) is 35.3 Å². The second-order valence-corrected chi connectivity index (χ2v) is 11.1. The smallest absolute Gasteiger partial charge is 0.338 e. The average Bonchev–Trinajstić information content (AvgIpc) is 3.19. The SMILES string of the molecule is CCN(CC)c1ccc(/C=c2\sc3n(c2=O)[C@H](c2ccc(SC)cc2)C(C(=O)OC(C)C)=C(C)N=3)c(O)c1. The van der Waals surface area contributed by atoms with Crippen molar-refractivity contribution in [3.63, 3.8) is 0 Å². The molecular weight excluding hydrogens is 518 g/mol. The summed E-state index contributed by atoms with van der Waals surface area (Å²) in [6.07, 6.45) is 3.37. The summed E-state index contributed by atoms with van der Waals surface area (Å²) in [5.74, 6) is -0.388. The fourth-order valence-electron chi connectivity index (χ4n) is 4.54. The van der Waals surface area contributed by atoms with Crippen LogP contribution in [0, 0.1) is 0 Å². The van der Waals surface area contributed by atoms with Crippen molar-refractivity contribution in [3.8, 4) is 5.75 Å². The number of nitrogens with zero attached hydrogens (tertiary/aromatic N) is 3. The molecule has 7 nitrogen and oxygen atoms in total. The summed E-state index contributed by atoms with van der Waals surface area (Å²) < 4.78 is 7.55. The number of thioether (sulfide) groups is 1. The van der Waals surface area contributed by atoms with Crippen LogP contribution in [0.2, 0.25) is 0 Å². The first-order valence-electron chi connectivity index (χ1n) is 12.6. The zero-order valence-electron chi connectivity index (χ0n) is 22.5. The number of fused-ring (bicyclic) bond motifs is 1. The Morgan fingerprint density at radius 1 is 1.21 bits per heavy atom. The molecule has 38 heavy (non-hydrogen) atoms. The highest BCUT2D eigenvalue weighted by Gasteiger charge is 2.33. The zero-order valence-corrected chi connectivity index (χ0v) is 24.2. The minimum Gasteiger partial charge on any atom is -0.507 e. The molecule has 9 heteroatoms. The zero-order chi connectivity index (χ0) is 27.6. The molecule has 4 rings (SSSR count). The van der Waals surface area contributed by atoms with Crippen LogP contribution in [0.1, 0.15) is 51.8 Å². The number of esters is 1. The van der Waals surface area contributed by atoms with Crippen LogP contribution in [-0.2, 0) is 9.53 Å². The number of aromatic hydroxyl groups is 1. The van der Waals surface area contributed by atoms with Crippen molar-refractivity contribution in [2.75, 3.05) is 24.2 Å². The van der Waals surface area contributed by atoms with Crippen LogP contribution in [0.4, 0.5) is 5.69 Å². The summed E-state index contributed by atoms with van der Waals surface area (Å²) in [5, 5.41) is 10.7. The first-order valence-corrected chi connectivity index (χ1v) is 14.7. The average molecular weight is 552 g/mol. The van der Waals surface area contributed by atoms with E-state index in [0.717, 1.165) is 29.2 Å². The lowest BCUT2D eigenvalue weighted by Gasteiger charge is -2.25. The van der Waals surface area contributed by atoms with Gasteiger partial charge in [-0.1, -0.05) is 23.5 Å². The van der Waals surface area contributed by atoms with Gasteiger partial charge in [-0.25, -0.2) is 9.79 Å². The lowest BCUT2D eigenvalue weighted by Crippen LogP contribution is -2.40. The van der Waals surface area contributed by atoms with Crippen molar-refractivity contribution >= 4 is 40.8 Å². The molecule has 0 radical (unpaired) electrons. The molecular formula is C29H33N3O4S2. The molecule has 3 aromatic rings. The molecule has 2 aromatic carbocycles. The number of phenolic OH excluding ortho intramolecular Hbond substituents is 1. The van der Waals surface area contributed by atoms with Gasteiger partial charge in [0.2, 0.25) is 0 Å². The molecule has 0 aliphatic carbocycles. The normalized spacial score (nSPS) is 15.4. The highest BCUT2D eigenvalue weighted by Crippen LogP contribution is 2.32. The summed E-state index contributed by atoms with van der Waals surface area (Å²) in [7, 11) is 0. The number of hydrogen-bond acceptors (Lipinski definition) is 8. The van der Waals surface area contributed by atoms with Crippen molar-refractivity contribution in [2.45, 2.75) is 51.7 Å². The number of hydrogen-bond donors (Lipinski definition) is 1. The van der Waals surface area contributed by atoms with Gasteiger partial charge in [-0.05, 0) is 76.8 Å². The Kier molecular flexibility index (Phi) is 8.47. The Labute approximate surface area is 230 Å². The maximum Gasteiger partial charge on any atom is 0.338 e. The number of benzene rings is 2. The lowest BCUT2D eigenvalue weighted by molar-refractivity contribution is -0.143. The molecule has 0 amide bonds. The molecule has 0 bridgehead atoms. The summed E-state index contributed by atoms with van der Waals surface area (Å²) in [6.45, 7) is 11.1. The van der Waals surface area contributed by atoms with E-state index in [1.165, 1.54) is 11.3 Å². The highest BCUT2D eigenvalue weighted by molar-refractivity contribution is 7.98. The molecule has 1 aromatic heterocycles. The fraction of sp³-hybridized carbons (Fsp3) is 0.345. The van der Waals surface area contributed by atoms with Gasteiger partial charge in [-0.15, -0.1) is 11.8 Å². The second kappa shape index (κ2) is 11.6. The van der Waals surface area contributed by atoms with Crippen molar-refractivity contribution in [1.29, 1.82) is 0 Å². The van der Waals surface area contributed by atoms with E-state index in [1.807, 2.05) is 42.7 Å². The molecule has 2 heterocycles. The maximum absolute atomic E-state index is 13.8. The van der Waals surface area contributed by atoms with Gasteiger partial charge in [0.1, 0.15) is 5.75 Å². The van der Waals surface area contributed by atoms with Crippen molar-refractivity contribution in [3.05, 3.63) is 84.5 Å². The Bertz CT molecular complexity index is 1550. The number of phenols is 1. The van der Waals surface area contributed by atoms with E-state index in [2.05, 4.69) is 23.7 Å². The van der Waals surface area contributed by atoms with E-state index in [4.69, 9.17) is 4.74 Å². The van der Waals surface area contributed by atoms with Gasteiger partial charge >= 0.3 is 5.97 Å². The van der Waals surface area contributed by atoms with Gasteiger partial charge in [0.25, 0.3) is 5.56 Å². The van der Waals surface area contributed by atoms with E-state index < -0.39 is 12.0 Å². The topological polar surface area (TPSA) is 84.1 Å². The number of thiazole rings is 1. The van der Waals surface area contributed by atoms with Crippen LogP contribution in [0.5, 0.6) is 5.75 Å². The number of allylic oxidation sites excluding steroid dienone is 1. The molecule has 0 saturated carbocycles. The standard InChI is InChI=1S/C29H33N3O4S2/c1-7-31(8-2)21-12-9-20(23(33)16-21)15-24-27(34)32-26(19-10-13-22(37-6)14-11-19)25(28(35)36-17(3)4)18(5)30-29(32)38-24/h9-17,26,33H,7-8H2,1-6H3/b24-15-/t26-/m1/s1. The van der Waals surface area contributed by atoms with Crippen LogP contribution in [0.15, 0.2) is 68.4 Å². The first kappa shape index (κ1) is 27.7. The quantitative estimate of drug-likeness (QED) is 0.329. The molecule has 1 aliphatic heterocycles. The third-order valence-electron chi connectivity index (χ3n) is 6.45. The van der Waals surface area contributed by atoms with Gasteiger partial charge in [-0.2, -0.15) is 0 Å². The highest BCUT2D eigenvalue weighted by atomic mass is 32.2. The van der Waals surface area contributed by atoms with Gasteiger partial charge in [-0.3, -0.25) is 9.36 Å². The fourth-order valence-corrected chi connectivity index (χ4v) is 5.99. The number of carbonyl (C=O) groups excluding carboxylic acids is 1. The minimum absolute atomic E-state index is 0.0989. The summed E-state index contributed by atoms with van der Waals surface area (Å²) >= 11 is 2.86. The number of rotatable bonds is 8. The monoisotopic (exact) mass is 551 g/mol. The minimum atomic E-state index is -0.672. The lowest BCUT2D eigenvalue weighted by atomic mass is 9.96. The van der Waals surface area contributed by atoms with E-state index in [9.17, 15) is 14.7 Å². The number of ether oxygens (including phenoxy) is 1. The van der Waals surface area contributed by atoms with Crippen LogP contribution in [0.3, 0.4) is 0 Å². The molecule has 1 aliphatic rings. The molecule has 200 valence electrons. The number of aromatic nitrogens is 1. The summed E-state index contributed by atoms with van der Waals surface area (Å²) in [6, 6.07) is 12.6. The number of anilines is 1. The first-order chi connectivity index (χ1) is 18.2. The predicted octanol–water partition coefficient (Wildman–Crippen LogP) is 4.46. The largest absolute Gasteiger partial charge is 0.507 e. The van der Waals surface area contributed by atoms with Crippen LogP contribution >= 0.6 is 23.1 Å². The molecule has 1 atom stereocenters. The molecule has 0 unspecified atom stereocenters. The summed E-state index contributed by atoms with van der Waals surface area (Å²) in [4.78, 5) is 35.4. The molecule has 0 saturated heterocycles. The second-order valence-electron chi connectivity index (χ2n) is 9.22. The third kappa shape index (κ3) is 5.44. The van der Waals surface area contributed by atoms with Gasteiger partial charge < -0.3 is 14.7 Å². The Morgan fingerprint density at radius 2 is 1.89 bits per heavy atom. The summed E-state index contributed by atoms with van der Waals surface area (Å²) in [5.41, 5.74) is 2.86. The molecule has 1 N–H and O–H groups in total. The van der Waals surface area contributed by atoms with Crippen molar-refractivity contribution < 1.29 is 14.6 Å².